The first kappa shape index (κ1) is 15.1. The molecule has 1 fully saturated rings. The fourth-order valence-electron chi connectivity index (χ4n) is 2.59. The summed E-state index contributed by atoms with van der Waals surface area (Å²) >= 11 is 5.98. The van der Waals surface area contributed by atoms with Gasteiger partial charge in [0.25, 0.3) is 0 Å². The van der Waals surface area contributed by atoms with Gasteiger partial charge in [0.05, 0.1) is 18.2 Å². The second-order valence-corrected chi connectivity index (χ2v) is 5.55. The Morgan fingerprint density at radius 3 is 2.90 bits per heavy atom. The number of halogens is 1. The Labute approximate surface area is 124 Å². The molecule has 1 amide bonds. The highest BCUT2D eigenvalue weighted by Gasteiger charge is 2.28. The van der Waals surface area contributed by atoms with Gasteiger partial charge in [0.2, 0.25) is 5.91 Å². The highest BCUT2D eigenvalue weighted by atomic mass is 35.5. The number of hydrogen-bond acceptors (Lipinski definition) is 3. The molecule has 110 valence electrons. The van der Waals surface area contributed by atoms with Gasteiger partial charge in [0, 0.05) is 11.1 Å². The molecule has 3 N–H and O–H groups in total. The van der Waals surface area contributed by atoms with Crippen LogP contribution < -0.4 is 15.8 Å². The van der Waals surface area contributed by atoms with E-state index in [-0.39, 0.29) is 17.9 Å². The van der Waals surface area contributed by atoms with Crippen LogP contribution in [-0.2, 0) is 4.79 Å². The monoisotopic (exact) mass is 296 g/mol. The molecule has 1 aromatic carbocycles. The Morgan fingerprint density at radius 1 is 1.45 bits per heavy atom. The maximum atomic E-state index is 12.4. The molecule has 0 aromatic heterocycles. The van der Waals surface area contributed by atoms with E-state index in [1.165, 1.54) is 0 Å². The van der Waals surface area contributed by atoms with Crippen molar-refractivity contribution in [3.63, 3.8) is 0 Å². The molecular formula is C15H21ClN2O2. The molecule has 1 aromatic rings. The molecule has 2 atom stereocenters. The summed E-state index contributed by atoms with van der Waals surface area (Å²) in [7, 11) is 0. The number of ether oxygens (including phenoxy) is 1. The van der Waals surface area contributed by atoms with E-state index >= 15 is 0 Å². The first-order valence-electron chi connectivity index (χ1n) is 7.10. The van der Waals surface area contributed by atoms with E-state index in [2.05, 4.69) is 5.32 Å². The maximum absolute atomic E-state index is 12.4. The summed E-state index contributed by atoms with van der Waals surface area (Å²) in [6, 6.07) is 5.16. The van der Waals surface area contributed by atoms with E-state index in [4.69, 9.17) is 22.1 Å². The quantitative estimate of drug-likeness (QED) is 0.897. The number of nitrogens with two attached hydrogens (primary N) is 1. The molecule has 0 spiro atoms. The first-order valence-corrected chi connectivity index (χ1v) is 7.48. The second kappa shape index (κ2) is 6.95. The zero-order valence-corrected chi connectivity index (χ0v) is 12.5. The van der Waals surface area contributed by atoms with Gasteiger partial charge in [-0.2, -0.15) is 0 Å². The zero-order valence-electron chi connectivity index (χ0n) is 11.7. The molecule has 4 nitrogen and oxygen atoms in total. The SMILES string of the molecule is CCOc1ccc(Cl)cc1NC(=O)C1CCCCC1N. The predicted molar refractivity (Wildman–Crippen MR) is 81.2 cm³/mol. The Morgan fingerprint density at radius 2 is 2.20 bits per heavy atom. The second-order valence-electron chi connectivity index (χ2n) is 5.12. The number of carbonyl (C=O) groups excluding carboxylic acids is 1. The van der Waals surface area contributed by atoms with Crippen molar-refractivity contribution in [1.29, 1.82) is 0 Å². The van der Waals surface area contributed by atoms with Crippen molar-refractivity contribution < 1.29 is 9.53 Å². The van der Waals surface area contributed by atoms with Gasteiger partial charge >= 0.3 is 0 Å². The van der Waals surface area contributed by atoms with Crippen LogP contribution in [0.2, 0.25) is 5.02 Å². The van der Waals surface area contributed by atoms with Gasteiger partial charge in [-0.15, -0.1) is 0 Å². The Bertz CT molecular complexity index is 479. The highest BCUT2D eigenvalue weighted by Crippen LogP contribution is 2.30. The minimum absolute atomic E-state index is 0.0413. The van der Waals surface area contributed by atoms with Crippen molar-refractivity contribution in [2.75, 3.05) is 11.9 Å². The number of hydrogen-bond donors (Lipinski definition) is 2. The van der Waals surface area contributed by atoms with Crippen molar-refractivity contribution in [2.45, 2.75) is 38.6 Å². The van der Waals surface area contributed by atoms with Gasteiger partial charge in [0.1, 0.15) is 5.75 Å². The third kappa shape index (κ3) is 3.64. The molecule has 1 aliphatic rings. The lowest BCUT2D eigenvalue weighted by Gasteiger charge is -2.27. The van der Waals surface area contributed by atoms with Crippen LogP contribution in [0.3, 0.4) is 0 Å². The average molecular weight is 297 g/mol. The van der Waals surface area contributed by atoms with Gasteiger partial charge < -0.3 is 15.8 Å². The molecule has 2 rings (SSSR count). The third-order valence-corrected chi connectivity index (χ3v) is 3.89. The number of carbonyl (C=O) groups is 1. The number of anilines is 1. The molecule has 20 heavy (non-hydrogen) atoms. The Kier molecular flexibility index (Phi) is 5.26. The summed E-state index contributed by atoms with van der Waals surface area (Å²) in [6.07, 6.45) is 3.91. The largest absolute Gasteiger partial charge is 0.492 e. The van der Waals surface area contributed by atoms with Crippen molar-refractivity contribution in [2.24, 2.45) is 11.7 Å². The van der Waals surface area contributed by atoms with Crippen LogP contribution in [0, 0.1) is 5.92 Å². The fourth-order valence-corrected chi connectivity index (χ4v) is 2.76. The molecule has 1 aliphatic carbocycles. The molecular weight excluding hydrogens is 276 g/mol. The third-order valence-electron chi connectivity index (χ3n) is 3.66. The Hall–Kier alpha value is -1.26. The van der Waals surface area contributed by atoms with Crippen molar-refractivity contribution >= 4 is 23.2 Å². The average Bonchev–Trinajstić information content (AvgIpc) is 2.42. The van der Waals surface area contributed by atoms with Crippen LogP contribution in [-0.4, -0.2) is 18.6 Å². The molecule has 2 unspecified atom stereocenters. The van der Waals surface area contributed by atoms with Gasteiger partial charge in [-0.25, -0.2) is 0 Å². The highest BCUT2D eigenvalue weighted by molar-refractivity contribution is 6.31. The molecule has 0 bridgehead atoms. The van der Waals surface area contributed by atoms with Gasteiger partial charge in [-0.3, -0.25) is 4.79 Å². The molecule has 1 saturated carbocycles. The summed E-state index contributed by atoms with van der Waals surface area (Å²) in [5.41, 5.74) is 6.66. The number of rotatable bonds is 4. The first-order chi connectivity index (χ1) is 9.61. The standard InChI is InChI=1S/C15H21ClN2O2/c1-2-20-14-8-7-10(16)9-13(14)18-15(19)11-5-3-4-6-12(11)17/h7-9,11-12H,2-6,17H2,1H3,(H,18,19). The van der Waals surface area contributed by atoms with E-state index < -0.39 is 0 Å². The van der Waals surface area contributed by atoms with E-state index in [1.807, 2.05) is 6.92 Å². The number of nitrogens with one attached hydrogen (secondary N) is 1. The van der Waals surface area contributed by atoms with Crippen LogP contribution in [0.5, 0.6) is 5.75 Å². The van der Waals surface area contributed by atoms with Crippen molar-refractivity contribution in [3.05, 3.63) is 23.2 Å². The molecule has 0 heterocycles. The number of benzene rings is 1. The van der Waals surface area contributed by atoms with Gasteiger partial charge in [-0.1, -0.05) is 24.4 Å². The molecule has 0 saturated heterocycles. The van der Waals surface area contributed by atoms with Gasteiger partial charge in [0.15, 0.2) is 0 Å². The minimum atomic E-state index is -0.128. The summed E-state index contributed by atoms with van der Waals surface area (Å²) in [5, 5.41) is 3.47. The van der Waals surface area contributed by atoms with E-state index in [0.717, 1.165) is 25.7 Å². The minimum Gasteiger partial charge on any atom is -0.492 e. The van der Waals surface area contributed by atoms with Crippen LogP contribution in [0.25, 0.3) is 0 Å². The Balaban J connectivity index is 2.12. The van der Waals surface area contributed by atoms with Crippen LogP contribution in [0.15, 0.2) is 18.2 Å². The van der Waals surface area contributed by atoms with Crippen molar-refractivity contribution in [3.8, 4) is 5.75 Å². The summed E-state index contributed by atoms with van der Waals surface area (Å²) in [6.45, 7) is 2.44. The van der Waals surface area contributed by atoms with E-state index in [9.17, 15) is 4.79 Å². The zero-order chi connectivity index (χ0) is 14.5. The van der Waals surface area contributed by atoms with Crippen LogP contribution >= 0.6 is 11.6 Å². The molecule has 5 heteroatoms. The van der Waals surface area contributed by atoms with Crippen LogP contribution in [0.1, 0.15) is 32.6 Å². The topological polar surface area (TPSA) is 64.3 Å². The van der Waals surface area contributed by atoms with E-state index in [1.54, 1.807) is 18.2 Å². The lowest BCUT2D eigenvalue weighted by atomic mass is 9.84. The fraction of sp³-hybridized carbons (Fsp3) is 0.533. The van der Waals surface area contributed by atoms with Crippen LogP contribution in [0.4, 0.5) is 5.69 Å². The normalized spacial score (nSPS) is 22.4. The lowest BCUT2D eigenvalue weighted by molar-refractivity contribution is -0.121. The summed E-state index contributed by atoms with van der Waals surface area (Å²) < 4.78 is 5.50. The van der Waals surface area contributed by atoms with Crippen molar-refractivity contribution in [1.82, 2.24) is 0 Å². The number of amides is 1. The smallest absolute Gasteiger partial charge is 0.229 e. The molecule has 0 aliphatic heterocycles. The molecule has 0 radical (unpaired) electrons. The maximum Gasteiger partial charge on any atom is 0.229 e. The summed E-state index contributed by atoms with van der Waals surface area (Å²) in [5.74, 6) is 0.465. The van der Waals surface area contributed by atoms with E-state index in [0.29, 0.717) is 23.1 Å². The predicted octanol–water partition coefficient (Wildman–Crippen LogP) is 3.19. The lowest BCUT2D eigenvalue weighted by Crippen LogP contribution is -2.40. The summed E-state index contributed by atoms with van der Waals surface area (Å²) in [4.78, 5) is 12.4. The van der Waals surface area contributed by atoms with Gasteiger partial charge in [-0.05, 0) is 38.0 Å².